The molecule has 1 aliphatic heterocycles. The van der Waals surface area contributed by atoms with E-state index in [9.17, 15) is 4.79 Å². The fourth-order valence-electron chi connectivity index (χ4n) is 4.50. The predicted octanol–water partition coefficient (Wildman–Crippen LogP) is 3.99. The van der Waals surface area contributed by atoms with Crippen molar-refractivity contribution < 1.29 is 9.18 Å². The summed E-state index contributed by atoms with van der Waals surface area (Å²) < 4.78 is 21.1. The minimum atomic E-state index is -1.07. The first-order valence-corrected chi connectivity index (χ1v) is 11.6. The average Bonchev–Trinajstić information content (AvgIpc) is 3.19. The number of alkyl halides is 1. The molecule has 2 aromatic rings. The van der Waals surface area contributed by atoms with Gasteiger partial charge in [0.05, 0.1) is 4.70 Å². The molecular weight excluding hydrogens is 387 g/mol. The highest BCUT2D eigenvalue weighted by Crippen LogP contribution is 2.35. The molecule has 2 heterocycles. The molecule has 1 N–H and O–H groups in total. The van der Waals surface area contributed by atoms with Crippen molar-refractivity contribution in [2.24, 2.45) is 0 Å². The number of benzene rings is 1. The van der Waals surface area contributed by atoms with Crippen molar-refractivity contribution in [2.75, 3.05) is 37.6 Å². The highest BCUT2D eigenvalue weighted by Gasteiger charge is 2.36. The highest BCUT2D eigenvalue weighted by atomic mass is 32.1. The molecule has 0 bridgehead atoms. The lowest BCUT2D eigenvalue weighted by Gasteiger charge is -2.38. The van der Waals surface area contributed by atoms with Crippen LogP contribution in [0.2, 0.25) is 0 Å². The number of hydrogen-bond acceptors (Lipinski definition) is 5. The Bertz CT molecular complexity index is 825. The number of piperazine rings is 1. The summed E-state index contributed by atoms with van der Waals surface area (Å²) in [6, 6.07) is 8.55. The number of amides is 1. The summed E-state index contributed by atoms with van der Waals surface area (Å²) in [5.41, 5.74) is -1.07. The summed E-state index contributed by atoms with van der Waals surface area (Å²) in [6.07, 6.45) is 3.74. The summed E-state index contributed by atoms with van der Waals surface area (Å²) in [5.74, 6) is 1.17. The quantitative estimate of drug-likeness (QED) is 0.771. The smallest absolute Gasteiger partial charge is 0.219 e. The van der Waals surface area contributed by atoms with Gasteiger partial charge in [-0.2, -0.15) is 4.37 Å². The van der Waals surface area contributed by atoms with Crippen LogP contribution in [0, 0.1) is 0 Å². The minimum Gasteiger partial charge on any atom is -0.353 e. The molecule has 1 aliphatic carbocycles. The van der Waals surface area contributed by atoms with Crippen molar-refractivity contribution in [3.8, 4) is 0 Å². The number of hydrogen-bond donors (Lipinski definition) is 1. The van der Waals surface area contributed by atoms with Crippen LogP contribution in [0.3, 0.4) is 0 Å². The van der Waals surface area contributed by atoms with Crippen LogP contribution in [0.4, 0.5) is 10.2 Å². The number of nitrogens with one attached hydrogen (secondary N) is 1. The maximum absolute atomic E-state index is 15.2. The zero-order valence-corrected chi connectivity index (χ0v) is 18.0. The lowest BCUT2D eigenvalue weighted by molar-refractivity contribution is -0.122. The molecule has 1 saturated carbocycles. The second-order valence-corrected chi connectivity index (χ2v) is 9.23. The van der Waals surface area contributed by atoms with Crippen molar-refractivity contribution in [1.29, 1.82) is 0 Å². The number of rotatable bonds is 6. The van der Waals surface area contributed by atoms with Crippen molar-refractivity contribution in [3.63, 3.8) is 0 Å². The first kappa shape index (κ1) is 20.5. The lowest BCUT2D eigenvalue weighted by atomic mass is 9.81. The fourth-order valence-corrected chi connectivity index (χ4v) is 5.30. The molecule has 0 atom stereocenters. The number of halogens is 1. The molecule has 2 aliphatic rings. The third-order valence-electron chi connectivity index (χ3n) is 6.47. The Morgan fingerprint density at radius 2 is 1.97 bits per heavy atom. The zero-order valence-electron chi connectivity index (χ0n) is 17.2. The molecular formula is C22H31FN4OS. The van der Waals surface area contributed by atoms with Gasteiger partial charge in [-0.1, -0.05) is 19.1 Å². The van der Waals surface area contributed by atoms with Crippen LogP contribution in [-0.4, -0.2) is 59.6 Å². The van der Waals surface area contributed by atoms with E-state index >= 15 is 4.39 Å². The molecule has 1 amide bonds. The van der Waals surface area contributed by atoms with Crippen molar-refractivity contribution in [3.05, 3.63) is 24.3 Å². The van der Waals surface area contributed by atoms with Crippen molar-refractivity contribution >= 4 is 33.3 Å². The van der Waals surface area contributed by atoms with Gasteiger partial charge >= 0.3 is 0 Å². The summed E-state index contributed by atoms with van der Waals surface area (Å²) in [4.78, 5) is 16.3. The van der Waals surface area contributed by atoms with Gasteiger partial charge in [-0.05, 0) is 55.8 Å². The number of nitrogens with zero attached hydrogens (tertiary/aromatic N) is 3. The van der Waals surface area contributed by atoms with E-state index in [-0.39, 0.29) is 11.9 Å². The Morgan fingerprint density at radius 1 is 1.24 bits per heavy atom. The van der Waals surface area contributed by atoms with Crippen LogP contribution in [0.1, 0.15) is 45.4 Å². The van der Waals surface area contributed by atoms with Crippen LogP contribution in [0.15, 0.2) is 24.3 Å². The molecule has 1 aromatic heterocycles. The van der Waals surface area contributed by atoms with E-state index in [0.29, 0.717) is 25.7 Å². The Balaban J connectivity index is 1.23. The maximum Gasteiger partial charge on any atom is 0.219 e. The van der Waals surface area contributed by atoms with E-state index < -0.39 is 5.67 Å². The number of anilines is 1. The summed E-state index contributed by atoms with van der Waals surface area (Å²) in [7, 11) is 0. The van der Waals surface area contributed by atoms with Crippen LogP contribution >= 0.6 is 11.5 Å². The summed E-state index contributed by atoms with van der Waals surface area (Å²) >= 11 is 1.56. The fraction of sp³-hybridized carbons (Fsp3) is 0.636. The second kappa shape index (κ2) is 8.96. The predicted molar refractivity (Wildman–Crippen MR) is 117 cm³/mol. The number of carbonyl (C=O) groups excluding carboxylic acids is 1. The van der Waals surface area contributed by atoms with Crippen LogP contribution < -0.4 is 10.2 Å². The number of fused-ring (bicyclic) bond motifs is 1. The maximum atomic E-state index is 15.2. The van der Waals surface area contributed by atoms with Crippen molar-refractivity contribution in [2.45, 2.75) is 57.2 Å². The van der Waals surface area contributed by atoms with E-state index in [1.54, 1.807) is 11.5 Å². The first-order valence-electron chi connectivity index (χ1n) is 10.9. The number of carbonyl (C=O) groups is 1. The van der Waals surface area contributed by atoms with Gasteiger partial charge in [0.2, 0.25) is 5.91 Å². The normalized spacial score (nSPS) is 26.0. The highest BCUT2D eigenvalue weighted by molar-refractivity contribution is 7.13. The monoisotopic (exact) mass is 418 g/mol. The van der Waals surface area contributed by atoms with Crippen LogP contribution in [-0.2, 0) is 4.79 Å². The van der Waals surface area contributed by atoms with E-state index in [1.165, 1.54) is 10.1 Å². The SMILES string of the molecule is CCC(=O)NC1CCC(F)(CCN2CCN(c3nsc4ccccc34)CC2)CC1. The zero-order chi connectivity index (χ0) is 20.3. The molecule has 1 aromatic carbocycles. The third kappa shape index (κ3) is 4.89. The Labute approximate surface area is 176 Å². The second-order valence-electron chi connectivity index (χ2n) is 8.43. The average molecular weight is 419 g/mol. The van der Waals surface area contributed by atoms with E-state index in [1.807, 2.05) is 6.92 Å². The molecule has 7 heteroatoms. The van der Waals surface area contributed by atoms with Gasteiger partial charge in [-0.3, -0.25) is 9.69 Å². The van der Waals surface area contributed by atoms with Gasteiger partial charge in [0.15, 0.2) is 0 Å². The molecule has 4 rings (SSSR count). The minimum absolute atomic E-state index is 0.0760. The van der Waals surface area contributed by atoms with Crippen molar-refractivity contribution in [1.82, 2.24) is 14.6 Å². The molecule has 1 saturated heterocycles. The van der Waals surface area contributed by atoms with E-state index in [4.69, 9.17) is 0 Å². The van der Waals surface area contributed by atoms with E-state index in [0.717, 1.165) is 51.4 Å². The lowest BCUT2D eigenvalue weighted by Crippen LogP contribution is -2.48. The van der Waals surface area contributed by atoms with Gasteiger partial charge < -0.3 is 10.2 Å². The Kier molecular flexibility index (Phi) is 6.35. The van der Waals surface area contributed by atoms with Crippen LogP contribution in [0.5, 0.6) is 0 Å². The largest absolute Gasteiger partial charge is 0.353 e. The van der Waals surface area contributed by atoms with Gasteiger partial charge in [0.25, 0.3) is 0 Å². The molecule has 0 unspecified atom stereocenters. The van der Waals surface area contributed by atoms with Gasteiger partial charge in [0, 0.05) is 50.6 Å². The molecule has 5 nitrogen and oxygen atoms in total. The Morgan fingerprint density at radius 3 is 2.69 bits per heavy atom. The standard InChI is InChI=1S/C22H31FN4OS/c1-2-20(28)24-17-7-9-22(23,10-8-17)11-12-26-13-15-27(16-14-26)21-18-5-3-4-6-19(18)29-25-21/h3-6,17H,2,7-16H2,1H3,(H,24,28). The number of aromatic nitrogens is 1. The van der Waals surface area contributed by atoms with Gasteiger partial charge in [-0.25, -0.2) is 4.39 Å². The summed E-state index contributed by atoms with van der Waals surface area (Å²) in [6.45, 7) is 6.47. The topological polar surface area (TPSA) is 48.5 Å². The molecule has 2 fully saturated rings. The van der Waals surface area contributed by atoms with Gasteiger partial charge in [-0.15, -0.1) is 0 Å². The van der Waals surface area contributed by atoms with E-state index in [2.05, 4.69) is 43.8 Å². The summed E-state index contributed by atoms with van der Waals surface area (Å²) in [5, 5.41) is 4.25. The molecule has 158 valence electrons. The first-order chi connectivity index (χ1) is 14.1. The van der Waals surface area contributed by atoms with Crippen LogP contribution in [0.25, 0.3) is 10.1 Å². The molecule has 0 radical (unpaired) electrons. The Hall–Kier alpha value is -1.73. The molecule has 29 heavy (non-hydrogen) atoms. The third-order valence-corrected chi connectivity index (χ3v) is 7.29. The molecule has 0 spiro atoms. The van der Waals surface area contributed by atoms with Gasteiger partial charge in [0.1, 0.15) is 11.5 Å².